The van der Waals surface area contributed by atoms with Crippen LogP contribution in [-0.4, -0.2) is 24.9 Å². The first-order chi connectivity index (χ1) is 13.9. The van der Waals surface area contributed by atoms with Gasteiger partial charge in [0.25, 0.3) is 0 Å². The van der Waals surface area contributed by atoms with Crippen LogP contribution < -0.4 is 9.47 Å². The molecule has 0 amide bonds. The second-order valence-electron chi connectivity index (χ2n) is 7.24. The highest BCUT2D eigenvalue weighted by molar-refractivity contribution is 6.13. The summed E-state index contributed by atoms with van der Waals surface area (Å²) in [7, 11) is 1.50. The van der Waals surface area contributed by atoms with Gasteiger partial charge in [0, 0.05) is 5.56 Å². The molecule has 1 aliphatic carbocycles. The van der Waals surface area contributed by atoms with Crippen LogP contribution in [0.3, 0.4) is 0 Å². The van der Waals surface area contributed by atoms with Crippen LogP contribution in [0.25, 0.3) is 6.08 Å². The monoisotopic (exact) mass is 391 g/mol. The second kappa shape index (κ2) is 7.54. The minimum Gasteiger partial charge on any atom is -0.493 e. The maximum absolute atomic E-state index is 12.3. The fraction of sp³-hybridized carbons (Fsp3) is 0.261. The fourth-order valence-corrected chi connectivity index (χ4v) is 2.93. The van der Waals surface area contributed by atoms with Gasteiger partial charge in [0.2, 0.25) is 5.90 Å². The summed E-state index contributed by atoms with van der Waals surface area (Å²) in [6.07, 6.45) is 3.36. The Balaban J connectivity index is 1.59. The number of aliphatic imine (C=N–C) groups is 1. The predicted octanol–water partition coefficient (Wildman–Crippen LogP) is 3.97. The molecule has 1 fully saturated rings. The number of carbonyl (C=O) groups excluding carboxylic acids is 2. The number of carbonyl (C=O) groups is 2. The highest BCUT2D eigenvalue weighted by Crippen LogP contribution is 2.34. The molecule has 0 radical (unpaired) electrons. The van der Waals surface area contributed by atoms with E-state index in [1.54, 1.807) is 24.3 Å². The zero-order chi connectivity index (χ0) is 20.5. The van der Waals surface area contributed by atoms with Gasteiger partial charge in [-0.05, 0) is 73.7 Å². The Hall–Kier alpha value is -3.41. The summed E-state index contributed by atoms with van der Waals surface area (Å²) >= 11 is 0. The number of benzene rings is 2. The number of hydrogen-bond donors (Lipinski definition) is 0. The normalized spacial score (nSPS) is 17.1. The summed E-state index contributed by atoms with van der Waals surface area (Å²) in [6.45, 7) is 4.02. The number of hydrogen-bond acceptors (Lipinski definition) is 6. The molecule has 6 nitrogen and oxygen atoms in total. The molecule has 6 heteroatoms. The zero-order valence-corrected chi connectivity index (χ0v) is 16.5. The standard InChI is InChI=1S/C23H21NO5/c1-13-4-6-17(10-14(13)2)21-24-18(23(26)29-21)11-15-5-9-19(20(12-15)27-3)28-22(25)16-7-8-16/h4-6,9-12,16H,7-8H2,1-3H3/b18-11-. The van der Waals surface area contributed by atoms with E-state index in [4.69, 9.17) is 14.2 Å². The Morgan fingerprint density at radius 1 is 1.10 bits per heavy atom. The Labute approximate surface area is 168 Å². The Morgan fingerprint density at radius 3 is 2.59 bits per heavy atom. The third kappa shape index (κ3) is 4.06. The van der Waals surface area contributed by atoms with Crippen molar-refractivity contribution < 1.29 is 23.8 Å². The molecule has 1 aliphatic heterocycles. The van der Waals surface area contributed by atoms with Crippen molar-refractivity contribution in [1.82, 2.24) is 0 Å². The summed E-state index contributed by atoms with van der Waals surface area (Å²) in [4.78, 5) is 28.5. The van der Waals surface area contributed by atoms with Crippen molar-refractivity contribution in [2.75, 3.05) is 7.11 Å². The highest BCUT2D eigenvalue weighted by Gasteiger charge is 2.32. The molecule has 2 aromatic rings. The maximum Gasteiger partial charge on any atom is 0.363 e. The minimum atomic E-state index is -0.513. The van der Waals surface area contributed by atoms with E-state index in [1.165, 1.54) is 7.11 Å². The summed E-state index contributed by atoms with van der Waals surface area (Å²) in [5, 5.41) is 0. The molecule has 29 heavy (non-hydrogen) atoms. The molecule has 0 aromatic heterocycles. The van der Waals surface area contributed by atoms with Gasteiger partial charge in [0.1, 0.15) is 0 Å². The SMILES string of the molecule is COc1cc(/C=C2\N=C(c3ccc(C)c(C)c3)OC2=O)ccc1OC(=O)C1CC1. The van der Waals surface area contributed by atoms with Gasteiger partial charge in [-0.15, -0.1) is 0 Å². The number of rotatable bonds is 5. The summed E-state index contributed by atoms with van der Waals surface area (Å²) in [6, 6.07) is 10.9. The number of methoxy groups -OCH3 is 1. The van der Waals surface area contributed by atoms with Crippen molar-refractivity contribution in [2.45, 2.75) is 26.7 Å². The first-order valence-electron chi connectivity index (χ1n) is 9.44. The molecule has 0 spiro atoms. The van der Waals surface area contributed by atoms with Gasteiger partial charge in [-0.1, -0.05) is 12.1 Å². The van der Waals surface area contributed by atoms with Crippen LogP contribution in [0, 0.1) is 19.8 Å². The predicted molar refractivity (Wildman–Crippen MR) is 108 cm³/mol. The number of cyclic esters (lactones) is 1. The number of aryl methyl sites for hydroxylation is 2. The van der Waals surface area contributed by atoms with Gasteiger partial charge in [-0.25, -0.2) is 9.79 Å². The van der Waals surface area contributed by atoms with Gasteiger partial charge < -0.3 is 14.2 Å². The van der Waals surface area contributed by atoms with E-state index in [-0.39, 0.29) is 23.5 Å². The van der Waals surface area contributed by atoms with E-state index in [1.807, 2.05) is 32.0 Å². The van der Waals surface area contributed by atoms with Crippen LogP contribution in [-0.2, 0) is 14.3 Å². The number of ether oxygens (including phenoxy) is 3. The summed E-state index contributed by atoms with van der Waals surface area (Å²) in [5.41, 5.74) is 3.89. The van der Waals surface area contributed by atoms with Crippen molar-refractivity contribution in [3.63, 3.8) is 0 Å². The molecular formula is C23H21NO5. The Morgan fingerprint density at radius 2 is 1.90 bits per heavy atom. The fourth-order valence-electron chi connectivity index (χ4n) is 2.93. The topological polar surface area (TPSA) is 74.2 Å². The van der Waals surface area contributed by atoms with Crippen LogP contribution in [0.1, 0.15) is 35.1 Å². The smallest absolute Gasteiger partial charge is 0.363 e. The van der Waals surface area contributed by atoms with Gasteiger partial charge >= 0.3 is 11.9 Å². The molecule has 4 rings (SSSR count). The molecule has 0 atom stereocenters. The molecular weight excluding hydrogens is 370 g/mol. The van der Waals surface area contributed by atoms with Gasteiger partial charge in [-0.3, -0.25) is 4.79 Å². The maximum atomic E-state index is 12.3. The average molecular weight is 391 g/mol. The van der Waals surface area contributed by atoms with E-state index >= 15 is 0 Å². The number of nitrogens with zero attached hydrogens (tertiary/aromatic N) is 1. The van der Waals surface area contributed by atoms with E-state index in [0.29, 0.717) is 17.1 Å². The average Bonchev–Trinajstić information content (AvgIpc) is 3.49. The van der Waals surface area contributed by atoms with Gasteiger partial charge in [0.15, 0.2) is 17.2 Å². The minimum absolute atomic E-state index is 0.00655. The van der Waals surface area contributed by atoms with Crippen LogP contribution >= 0.6 is 0 Å². The lowest BCUT2D eigenvalue weighted by atomic mass is 10.1. The van der Waals surface area contributed by atoms with Crippen LogP contribution in [0.15, 0.2) is 47.1 Å². The van der Waals surface area contributed by atoms with E-state index in [0.717, 1.165) is 29.5 Å². The van der Waals surface area contributed by atoms with Crippen molar-refractivity contribution in [2.24, 2.45) is 10.9 Å². The third-order valence-electron chi connectivity index (χ3n) is 4.99. The van der Waals surface area contributed by atoms with Crippen molar-refractivity contribution in [3.05, 3.63) is 64.3 Å². The molecule has 2 aliphatic rings. The van der Waals surface area contributed by atoms with Crippen molar-refractivity contribution in [3.8, 4) is 11.5 Å². The molecule has 1 saturated carbocycles. The third-order valence-corrected chi connectivity index (χ3v) is 4.99. The lowest BCUT2D eigenvalue weighted by molar-refractivity contribution is -0.136. The summed E-state index contributed by atoms with van der Waals surface area (Å²) in [5.74, 6) is 0.301. The molecule has 0 bridgehead atoms. The molecule has 0 unspecified atom stereocenters. The van der Waals surface area contributed by atoms with Crippen LogP contribution in [0.5, 0.6) is 11.5 Å². The van der Waals surface area contributed by atoms with Crippen molar-refractivity contribution >= 4 is 23.9 Å². The van der Waals surface area contributed by atoms with Crippen molar-refractivity contribution in [1.29, 1.82) is 0 Å². The van der Waals surface area contributed by atoms with E-state index in [2.05, 4.69) is 4.99 Å². The van der Waals surface area contributed by atoms with Gasteiger partial charge in [0.05, 0.1) is 13.0 Å². The molecule has 2 aromatic carbocycles. The van der Waals surface area contributed by atoms with E-state index < -0.39 is 5.97 Å². The first-order valence-corrected chi connectivity index (χ1v) is 9.44. The lowest BCUT2D eigenvalue weighted by Gasteiger charge is -2.09. The number of esters is 2. The molecule has 1 heterocycles. The van der Waals surface area contributed by atoms with Crippen LogP contribution in [0.4, 0.5) is 0 Å². The largest absolute Gasteiger partial charge is 0.493 e. The summed E-state index contributed by atoms with van der Waals surface area (Å²) < 4.78 is 16.1. The Bertz CT molecular complexity index is 1060. The van der Waals surface area contributed by atoms with Gasteiger partial charge in [-0.2, -0.15) is 0 Å². The molecule has 0 N–H and O–H groups in total. The molecule has 0 saturated heterocycles. The lowest BCUT2D eigenvalue weighted by Crippen LogP contribution is -2.10. The first kappa shape index (κ1) is 18.9. The molecule has 148 valence electrons. The van der Waals surface area contributed by atoms with E-state index in [9.17, 15) is 9.59 Å². The zero-order valence-electron chi connectivity index (χ0n) is 16.5. The highest BCUT2D eigenvalue weighted by atomic mass is 16.6. The second-order valence-corrected chi connectivity index (χ2v) is 7.24. The Kier molecular flexibility index (Phi) is 4.92. The quantitative estimate of drug-likeness (QED) is 0.438. The van der Waals surface area contributed by atoms with Crippen LogP contribution in [0.2, 0.25) is 0 Å².